The molecule has 0 spiro atoms. The van der Waals surface area contributed by atoms with Gasteiger partial charge in [-0.2, -0.15) is 18.3 Å². The molecule has 102 valence electrons. The van der Waals surface area contributed by atoms with E-state index >= 15 is 0 Å². The monoisotopic (exact) mass is 261 g/mol. The number of alkyl halides is 3. The average molecular weight is 261 g/mol. The molecule has 0 saturated heterocycles. The molecule has 0 saturated carbocycles. The molecular formula is C12H18F3N3. The van der Waals surface area contributed by atoms with Crippen molar-refractivity contribution in [3.05, 3.63) is 23.5 Å². The van der Waals surface area contributed by atoms with Crippen LogP contribution in [-0.2, 0) is 12.6 Å². The van der Waals surface area contributed by atoms with E-state index in [1.54, 1.807) is 0 Å². The predicted molar refractivity (Wildman–Crippen MR) is 63.1 cm³/mol. The third-order valence-electron chi connectivity index (χ3n) is 2.64. The maximum absolute atomic E-state index is 12.3. The van der Waals surface area contributed by atoms with Gasteiger partial charge in [-0.1, -0.05) is 13.8 Å². The van der Waals surface area contributed by atoms with E-state index < -0.39 is 11.9 Å². The van der Waals surface area contributed by atoms with Crippen molar-refractivity contribution < 1.29 is 13.2 Å². The Morgan fingerprint density at radius 1 is 1.22 bits per heavy atom. The van der Waals surface area contributed by atoms with E-state index in [2.05, 4.69) is 22.4 Å². The summed E-state index contributed by atoms with van der Waals surface area (Å²) in [7, 11) is 0. The first kappa shape index (κ1) is 14.9. The van der Waals surface area contributed by atoms with Gasteiger partial charge in [-0.3, -0.25) is 0 Å². The van der Waals surface area contributed by atoms with E-state index in [0.29, 0.717) is 12.1 Å². The zero-order chi connectivity index (χ0) is 13.6. The fraction of sp³-hybridized carbons (Fsp3) is 0.667. The van der Waals surface area contributed by atoms with Gasteiger partial charge in [0.25, 0.3) is 0 Å². The minimum absolute atomic E-state index is 0.232. The van der Waals surface area contributed by atoms with Crippen LogP contribution < -0.4 is 5.32 Å². The molecule has 0 aliphatic carbocycles. The van der Waals surface area contributed by atoms with Crippen molar-refractivity contribution in [1.82, 2.24) is 15.5 Å². The lowest BCUT2D eigenvalue weighted by Crippen LogP contribution is -2.31. The Labute approximate surface area is 105 Å². The molecule has 0 aliphatic heterocycles. The van der Waals surface area contributed by atoms with Gasteiger partial charge in [0.1, 0.15) is 0 Å². The summed E-state index contributed by atoms with van der Waals surface area (Å²) in [5.41, 5.74) is -0.362. The van der Waals surface area contributed by atoms with Crippen LogP contribution in [0.25, 0.3) is 0 Å². The molecule has 0 fully saturated rings. The summed E-state index contributed by atoms with van der Waals surface area (Å²) in [4.78, 5) is 0. The highest BCUT2D eigenvalue weighted by Crippen LogP contribution is 2.26. The van der Waals surface area contributed by atoms with E-state index in [-0.39, 0.29) is 6.04 Å². The third kappa shape index (κ3) is 4.60. The fourth-order valence-corrected chi connectivity index (χ4v) is 1.58. The molecule has 1 heterocycles. The Morgan fingerprint density at radius 3 is 2.39 bits per heavy atom. The zero-order valence-electron chi connectivity index (χ0n) is 10.6. The van der Waals surface area contributed by atoms with Crippen molar-refractivity contribution in [2.75, 3.05) is 6.54 Å². The van der Waals surface area contributed by atoms with E-state index in [0.717, 1.165) is 25.5 Å². The highest BCUT2D eigenvalue weighted by Gasteiger charge is 2.32. The molecule has 6 heteroatoms. The normalized spacial score (nSPS) is 13.6. The smallest absolute Gasteiger partial charge is 0.314 e. The SMILES string of the molecule is CCCNC(CC)Cc1ccc(C(F)(F)F)nn1. The highest BCUT2D eigenvalue weighted by atomic mass is 19.4. The fourth-order valence-electron chi connectivity index (χ4n) is 1.58. The average Bonchev–Trinajstić information content (AvgIpc) is 2.34. The second-order valence-electron chi connectivity index (χ2n) is 4.17. The van der Waals surface area contributed by atoms with Crippen molar-refractivity contribution in [1.29, 1.82) is 0 Å². The molecule has 18 heavy (non-hydrogen) atoms. The zero-order valence-corrected chi connectivity index (χ0v) is 10.6. The molecule has 1 unspecified atom stereocenters. The number of hydrogen-bond donors (Lipinski definition) is 1. The van der Waals surface area contributed by atoms with Gasteiger partial charge in [-0.05, 0) is 31.5 Å². The molecule has 1 atom stereocenters. The molecule has 0 aliphatic rings. The standard InChI is InChI=1S/C12H18F3N3/c1-3-7-16-9(4-2)8-10-5-6-11(18-17-10)12(13,14)15/h5-6,9,16H,3-4,7-8H2,1-2H3. The van der Waals surface area contributed by atoms with Crippen LogP contribution in [0.15, 0.2) is 12.1 Å². The second kappa shape index (κ2) is 6.68. The van der Waals surface area contributed by atoms with Gasteiger partial charge in [0.2, 0.25) is 0 Å². The molecule has 1 N–H and O–H groups in total. The van der Waals surface area contributed by atoms with E-state index in [9.17, 15) is 13.2 Å². The lowest BCUT2D eigenvalue weighted by atomic mass is 10.1. The van der Waals surface area contributed by atoms with Gasteiger partial charge in [0.05, 0.1) is 5.69 Å². The van der Waals surface area contributed by atoms with Crippen LogP contribution in [-0.4, -0.2) is 22.8 Å². The number of nitrogens with one attached hydrogen (secondary N) is 1. The first-order chi connectivity index (χ1) is 8.47. The summed E-state index contributed by atoms with van der Waals surface area (Å²) in [5, 5.41) is 10.2. The Morgan fingerprint density at radius 2 is 1.94 bits per heavy atom. The summed E-state index contributed by atoms with van der Waals surface area (Å²) < 4.78 is 36.9. The van der Waals surface area contributed by atoms with Gasteiger partial charge in [-0.15, -0.1) is 5.10 Å². The van der Waals surface area contributed by atoms with Gasteiger partial charge in [-0.25, -0.2) is 0 Å². The molecule has 0 amide bonds. The minimum atomic E-state index is -4.42. The van der Waals surface area contributed by atoms with E-state index in [4.69, 9.17) is 0 Å². The Kier molecular flexibility index (Phi) is 5.53. The quantitative estimate of drug-likeness (QED) is 0.855. The summed E-state index contributed by atoms with van der Waals surface area (Å²) in [6.07, 6.45) is -1.89. The lowest BCUT2D eigenvalue weighted by Gasteiger charge is -2.15. The predicted octanol–water partition coefficient (Wildman–Crippen LogP) is 2.82. The van der Waals surface area contributed by atoms with Crippen LogP contribution >= 0.6 is 0 Å². The van der Waals surface area contributed by atoms with Crippen molar-refractivity contribution in [3.8, 4) is 0 Å². The number of rotatable bonds is 6. The lowest BCUT2D eigenvalue weighted by molar-refractivity contribution is -0.141. The molecular weight excluding hydrogens is 243 g/mol. The van der Waals surface area contributed by atoms with Crippen molar-refractivity contribution in [2.24, 2.45) is 0 Å². The summed E-state index contributed by atoms with van der Waals surface area (Å²) in [6, 6.07) is 2.61. The van der Waals surface area contributed by atoms with E-state index in [1.165, 1.54) is 6.07 Å². The van der Waals surface area contributed by atoms with Gasteiger partial charge in [0.15, 0.2) is 5.69 Å². The maximum atomic E-state index is 12.3. The van der Waals surface area contributed by atoms with Crippen LogP contribution in [0.4, 0.5) is 13.2 Å². The topological polar surface area (TPSA) is 37.8 Å². The summed E-state index contributed by atoms with van der Waals surface area (Å²) in [5.74, 6) is 0. The Bertz CT molecular complexity index is 349. The molecule has 1 aromatic rings. The van der Waals surface area contributed by atoms with Crippen LogP contribution in [0.5, 0.6) is 0 Å². The third-order valence-corrected chi connectivity index (χ3v) is 2.64. The summed E-state index contributed by atoms with van der Waals surface area (Å²) in [6.45, 7) is 5.00. The van der Waals surface area contributed by atoms with Crippen LogP contribution in [0.1, 0.15) is 38.1 Å². The second-order valence-corrected chi connectivity index (χ2v) is 4.17. The van der Waals surface area contributed by atoms with Gasteiger partial charge >= 0.3 is 6.18 Å². The van der Waals surface area contributed by atoms with Gasteiger partial charge in [0, 0.05) is 12.5 Å². The number of halogens is 3. The minimum Gasteiger partial charge on any atom is -0.314 e. The molecule has 1 aromatic heterocycles. The Hall–Kier alpha value is -1.17. The largest absolute Gasteiger partial charge is 0.435 e. The van der Waals surface area contributed by atoms with Crippen molar-refractivity contribution in [2.45, 2.75) is 45.3 Å². The number of nitrogens with zero attached hydrogens (tertiary/aromatic N) is 2. The van der Waals surface area contributed by atoms with Crippen LogP contribution in [0.3, 0.4) is 0 Å². The first-order valence-corrected chi connectivity index (χ1v) is 6.10. The Balaban J connectivity index is 2.62. The number of aromatic nitrogens is 2. The molecule has 3 nitrogen and oxygen atoms in total. The van der Waals surface area contributed by atoms with Crippen molar-refractivity contribution >= 4 is 0 Å². The van der Waals surface area contributed by atoms with Gasteiger partial charge < -0.3 is 5.32 Å². The maximum Gasteiger partial charge on any atom is 0.435 e. The highest BCUT2D eigenvalue weighted by molar-refractivity contribution is 5.10. The molecule has 1 rings (SSSR count). The molecule has 0 bridgehead atoms. The molecule has 0 radical (unpaired) electrons. The van der Waals surface area contributed by atoms with Crippen molar-refractivity contribution in [3.63, 3.8) is 0 Å². The summed E-state index contributed by atoms with van der Waals surface area (Å²) >= 11 is 0. The van der Waals surface area contributed by atoms with Crippen LogP contribution in [0.2, 0.25) is 0 Å². The first-order valence-electron chi connectivity index (χ1n) is 6.10. The van der Waals surface area contributed by atoms with Crippen LogP contribution in [0, 0.1) is 0 Å². The van der Waals surface area contributed by atoms with E-state index in [1.807, 2.05) is 6.92 Å². The number of hydrogen-bond acceptors (Lipinski definition) is 3. The molecule has 0 aromatic carbocycles.